The molecule has 0 spiro atoms. The largest absolute Gasteiger partial charge is 0.482 e. The van der Waals surface area contributed by atoms with Crippen molar-refractivity contribution in [1.29, 1.82) is 0 Å². The Morgan fingerprint density at radius 1 is 1.04 bits per heavy atom. The summed E-state index contributed by atoms with van der Waals surface area (Å²) in [6.45, 7) is 13.9. The molecular formula is C30H52N7O10P. The fraction of sp³-hybridized carbons (Fsp3) is 0.833. The van der Waals surface area contributed by atoms with Crippen LogP contribution in [0.5, 0.6) is 0 Å². The van der Waals surface area contributed by atoms with Crippen LogP contribution in [0.4, 0.5) is 0 Å². The number of hydrogen-bond acceptors (Lipinski definition) is 15. The van der Waals surface area contributed by atoms with Gasteiger partial charge >= 0.3 is 19.6 Å². The van der Waals surface area contributed by atoms with Gasteiger partial charge in [-0.25, -0.2) is 15.2 Å². The van der Waals surface area contributed by atoms with Crippen LogP contribution >= 0.6 is 7.67 Å². The van der Waals surface area contributed by atoms with Gasteiger partial charge in [-0.1, -0.05) is 27.7 Å². The van der Waals surface area contributed by atoms with Crippen LogP contribution in [-0.4, -0.2) is 120 Å². The molecule has 6 N–H and O–H groups in total. The van der Waals surface area contributed by atoms with Gasteiger partial charge in [0.2, 0.25) is 11.9 Å². The van der Waals surface area contributed by atoms with Gasteiger partial charge in [0.15, 0.2) is 18.0 Å². The molecule has 3 heterocycles. The fourth-order valence-corrected chi connectivity index (χ4v) is 8.04. The van der Waals surface area contributed by atoms with Crippen molar-refractivity contribution < 1.29 is 47.8 Å². The summed E-state index contributed by atoms with van der Waals surface area (Å²) in [6.07, 6.45) is -1.89. The second-order valence-corrected chi connectivity index (χ2v) is 15.9. The standard InChI is InChI=1S/C30H52N7O10P/c1-14(2)10-18(27(39)45-16(5)6)35-48(42,36-19(11-15(3)4)28(40)46-17(7)8)44-12-20-23(38)21-24(30(21,41)47-20)37-13-32-22-25(37)33-29(31)34-26(22)43-9/h13-25,38,41H,10-12H2,1-9H3,(H2,31,33)(H2,35,36,42)/t18-,19-,20+,21?,22?,23?,24-,25?,30?/m0/s1. The van der Waals surface area contributed by atoms with Gasteiger partial charge in [-0.2, -0.15) is 4.99 Å². The van der Waals surface area contributed by atoms with Crippen molar-refractivity contribution in [3.8, 4) is 0 Å². The number of aliphatic hydroxyl groups is 2. The number of ether oxygens (including phenoxy) is 4. The first-order valence-corrected chi connectivity index (χ1v) is 18.1. The zero-order chi connectivity index (χ0) is 35.7. The Morgan fingerprint density at radius 2 is 1.58 bits per heavy atom. The summed E-state index contributed by atoms with van der Waals surface area (Å²) < 4.78 is 42.6. The average Bonchev–Trinajstić information content (AvgIpc) is 3.21. The lowest BCUT2D eigenvalue weighted by Crippen LogP contribution is -2.49. The number of hydrogen-bond donors (Lipinski definition) is 5. The second-order valence-electron chi connectivity index (χ2n) is 14.0. The van der Waals surface area contributed by atoms with E-state index in [9.17, 15) is 24.4 Å². The molecule has 3 aliphatic heterocycles. The van der Waals surface area contributed by atoms with Crippen LogP contribution in [0, 0.1) is 17.8 Å². The summed E-state index contributed by atoms with van der Waals surface area (Å²) in [5.74, 6) is -3.60. The first-order valence-electron chi connectivity index (χ1n) is 16.4. The Labute approximate surface area is 281 Å². The smallest absolute Gasteiger partial charge is 0.342 e. The van der Waals surface area contributed by atoms with Gasteiger partial charge in [-0.15, -0.1) is 0 Å². The number of nitrogens with two attached hydrogens (primary N) is 1. The van der Waals surface area contributed by atoms with Crippen LogP contribution in [-0.2, 0) is 37.6 Å². The van der Waals surface area contributed by atoms with Crippen LogP contribution in [0.1, 0.15) is 68.2 Å². The lowest BCUT2D eigenvalue weighted by atomic mass is 10.0. The Hall–Kier alpha value is -2.66. The lowest BCUT2D eigenvalue weighted by molar-refractivity contribution is -0.164. The molecule has 0 amide bonds. The minimum absolute atomic E-state index is 0.00452. The molecule has 0 radical (unpaired) electrons. The number of nitrogens with zero attached hydrogens (tertiary/aromatic N) is 4. The highest BCUT2D eigenvalue weighted by Gasteiger charge is 2.78. The molecule has 1 saturated heterocycles. The molecule has 0 aromatic rings. The van der Waals surface area contributed by atoms with E-state index in [1.54, 1.807) is 32.6 Å². The van der Waals surface area contributed by atoms with E-state index >= 15 is 0 Å². The van der Waals surface area contributed by atoms with Gasteiger partial charge in [0.25, 0.3) is 0 Å². The molecule has 1 saturated carbocycles. The van der Waals surface area contributed by atoms with E-state index in [0.29, 0.717) is 0 Å². The van der Waals surface area contributed by atoms with E-state index < -0.39 is 92.7 Å². The van der Waals surface area contributed by atoms with Gasteiger partial charge in [0, 0.05) is 0 Å². The highest BCUT2D eigenvalue weighted by atomic mass is 31.2. The van der Waals surface area contributed by atoms with Crippen molar-refractivity contribution >= 4 is 37.8 Å². The van der Waals surface area contributed by atoms with E-state index in [4.69, 9.17) is 29.2 Å². The Kier molecular flexibility index (Phi) is 12.0. The van der Waals surface area contributed by atoms with Crippen molar-refractivity contribution in [3.63, 3.8) is 0 Å². The number of carbonyl (C=O) groups is 2. The Morgan fingerprint density at radius 3 is 2.02 bits per heavy atom. The van der Waals surface area contributed by atoms with Crippen molar-refractivity contribution in [3.05, 3.63) is 0 Å². The van der Waals surface area contributed by atoms with E-state index in [0.717, 1.165) is 0 Å². The number of methoxy groups -OCH3 is 1. The summed E-state index contributed by atoms with van der Waals surface area (Å²) >= 11 is 0. The number of guanidine groups is 1. The quantitative estimate of drug-likeness (QED) is 0.111. The van der Waals surface area contributed by atoms with E-state index in [2.05, 4.69) is 25.2 Å². The Bertz CT molecular complexity index is 1280. The third-order valence-corrected chi connectivity index (χ3v) is 10.0. The minimum Gasteiger partial charge on any atom is -0.482 e. The summed E-state index contributed by atoms with van der Waals surface area (Å²) in [7, 11) is -2.84. The molecule has 0 aromatic carbocycles. The van der Waals surface area contributed by atoms with Gasteiger partial charge in [0.05, 0.1) is 50.3 Å². The molecule has 2 fully saturated rings. The van der Waals surface area contributed by atoms with Gasteiger partial charge in [-0.05, 0) is 52.4 Å². The summed E-state index contributed by atoms with van der Waals surface area (Å²) in [5.41, 5.74) is 5.87. The fourth-order valence-electron chi connectivity index (χ4n) is 6.22. The summed E-state index contributed by atoms with van der Waals surface area (Å²) in [6, 6.07) is -3.42. The summed E-state index contributed by atoms with van der Waals surface area (Å²) in [5, 5.41) is 28.4. The van der Waals surface area contributed by atoms with Crippen LogP contribution in [0.15, 0.2) is 15.0 Å². The van der Waals surface area contributed by atoms with E-state index in [1.165, 1.54) is 13.4 Å². The molecule has 48 heavy (non-hydrogen) atoms. The molecule has 18 heteroatoms. The molecule has 0 bridgehead atoms. The van der Waals surface area contributed by atoms with Gasteiger partial charge in [-0.3, -0.25) is 19.1 Å². The molecule has 4 rings (SSSR count). The number of carbonyl (C=O) groups excluding carboxylic acids is 2. The third-order valence-electron chi connectivity index (χ3n) is 8.20. The van der Waals surface area contributed by atoms with E-state index in [1.807, 2.05) is 27.7 Å². The van der Waals surface area contributed by atoms with Gasteiger partial charge < -0.3 is 44.3 Å². The van der Waals surface area contributed by atoms with Crippen molar-refractivity contribution in [2.45, 2.75) is 129 Å². The first kappa shape index (κ1) is 38.1. The first-order chi connectivity index (χ1) is 22.4. The minimum atomic E-state index is -4.28. The maximum Gasteiger partial charge on any atom is 0.342 e. The number of aliphatic hydroxyl groups excluding tert-OH is 1. The molecule has 5 unspecified atom stereocenters. The van der Waals surface area contributed by atoms with E-state index in [-0.39, 0.29) is 36.5 Å². The number of fused-ring (bicyclic) bond motifs is 2. The predicted molar refractivity (Wildman–Crippen MR) is 176 cm³/mol. The maximum absolute atomic E-state index is 14.6. The Balaban J connectivity index is 1.52. The highest BCUT2D eigenvalue weighted by molar-refractivity contribution is 7.54. The molecule has 4 aliphatic rings. The number of esters is 2. The maximum atomic E-state index is 14.6. The van der Waals surface area contributed by atoms with Crippen LogP contribution < -0.4 is 15.9 Å². The topological polar surface area (TPSA) is 228 Å². The zero-order valence-electron chi connectivity index (χ0n) is 29.1. The highest BCUT2D eigenvalue weighted by Crippen LogP contribution is 2.58. The lowest BCUT2D eigenvalue weighted by Gasteiger charge is -2.32. The number of nitrogens with one attached hydrogen (secondary N) is 2. The van der Waals surface area contributed by atoms with Crippen LogP contribution in [0.3, 0.4) is 0 Å². The summed E-state index contributed by atoms with van der Waals surface area (Å²) in [4.78, 5) is 40.7. The normalized spacial score (nSPS) is 30.7. The second kappa shape index (κ2) is 15.1. The van der Waals surface area contributed by atoms with Crippen molar-refractivity contribution in [2.24, 2.45) is 38.5 Å². The average molecular weight is 702 g/mol. The molecular weight excluding hydrogens is 649 g/mol. The van der Waals surface area contributed by atoms with Crippen LogP contribution in [0.25, 0.3) is 0 Å². The molecule has 0 aromatic heterocycles. The van der Waals surface area contributed by atoms with Crippen molar-refractivity contribution in [2.75, 3.05) is 13.7 Å². The zero-order valence-corrected chi connectivity index (χ0v) is 30.0. The predicted octanol–water partition coefficient (Wildman–Crippen LogP) is 0.881. The molecule has 17 nitrogen and oxygen atoms in total. The number of aliphatic imine (C=N–C) groups is 3. The molecule has 272 valence electrons. The molecule has 1 aliphatic carbocycles. The van der Waals surface area contributed by atoms with Crippen molar-refractivity contribution in [1.82, 2.24) is 15.1 Å². The van der Waals surface area contributed by atoms with Crippen LogP contribution in [0.2, 0.25) is 0 Å². The number of rotatable bonds is 16. The monoisotopic (exact) mass is 701 g/mol. The third kappa shape index (κ3) is 8.55. The molecule has 9 atom stereocenters. The van der Waals surface area contributed by atoms with Gasteiger partial charge in [0.1, 0.15) is 18.2 Å². The SMILES string of the molecule is COC1=NC(N)=NC2C1N=CN2[C@H]1C2C(O)[C@@H](COP(=O)(N[C@@H](CC(C)C)C(=O)OC(C)C)N[C@@H](CC(C)C)C(=O)OC(C)C)OC21O.